The Morgan fingerprint density at radius 1 is 1.64 bits per heavy atom. The van der Waals surface area contributed by atoms with Gasteiger partial charge in [-0.3, -0.25) is 14.9 Å². The Morgan fingerprint density at radius 2 is 2.27 bits per heavy atom. The predicted octanol–water partition coefficient (Wildman–Crippen LogP) is 0.259. The SMILES string of the molecule is COCC(=O)CCC[N+](=O)[O-]. The highest BCUT2D eigenvalue weighted by Gasteiger charge is 2.03. The Bertz CT molecular complexity index is 146. The molecule has 11 heavy (non-hydrogen) atoms. The molecule has 0 bridgehead atoms. The molecule has 0 aromatic heterocycles. The number of rotatable bonds is 6. The first-order valence-electron chi connectivity index (χ1n) is 3.29. The summed E-state index contributed by atoms with van der Waals surface area (Å²) in [6.07, 6.45) is 0.532. The van der Waals surface area contributed by atoms with Crippen LogP contribution in [0.1, 0.15) is 12.8 Å². The van der Waals surface area contributed by atoms with Gasteiger partial charge in [0.25, 0.3) is 0 Å². The molecule has 0 rings (SSSR count). The predicted molar refractivity (Wildman–Crippen MR) is 38.0 cm³/mol. The second-order valence-corrected chi connectivity index (χ2v) is 2.13. The summed E-state index contributed by atoms with van der Waals surface area (Å²) in [5.74, 6) is -0.0886. The molecule has 0 fully saturated rings. The zero-order valence-electron chi connectivity index (χ0n) is 6.41. The number of hydrogen-bond donors (Lipinski definition) is 0. The van der Waals surface area contributed by atoms with Gasteiger partial charge in [-0.15, -0.1) is 0 Å². The van der Waals surface area contributed by atoms with E-state index in [-0.39, 0.29) is 25.4 Å². The van der Waals surface area contributed by atoms with Gasteiger partial charge in [-0.05, 0) is 0 Å². The van der Waals surface area contributed by atoms with Gasteiger partial charge in [-0.1, -0.05) is 0 Å². The molecule has 0 saturated carbocycles. The maximum Gasteiger partial charge on any atom is 0.204 e. The lowest BCUT2D eigenvalue weighted by atomic mass is 10.2. The van der Waals surface area contributed by atoms with Crippen molar-refractivity contribution in [1.82, 2.24) is 0 Å². The minimum absolute atomic E-state index is 0.0533. The molecule has 0 aromatic rings. The summed E-state index contributed by atoms with van der Waals surface area (Å²) >= 11 is 0. The van der Waals surface area contributed by atoms with E-state index in [0.29, 0.717) is 6.42 Å². The largest absolute Gasteiger partial charge is 0.377 e. The van der Waals surface area contributed by atoms with E-state index in [1.54, 1.807) is 0 Å². The molecular formula is C6H11NO4. The van der Waals surface area contributed by atoms with Gasteiger partial charge in [0.2, 0.25) is 6.54 Å². The van der Waals surface area contributed by atoms with Gasteiger partial charge >= 0.3 is 0 Å². The van der Waals surface area contributed by atoms with Crippen molar-refractivity contribution < 1.29 is 14.5 Å². The van der Waals surface area contributed by atoms with E-state index in [0.717, 1.165) is 0 Å². The summed E-state index contributed by atoms with van der Waals surface area (Å²) in [6.45, 7) is -0.0901. The van der Waals surface area contributed by atoms with Crippen LogP contribution >= 0.6 is 0 Å². The van der Waals surface area contributed by atoms with Crippen LogP contribution in [0.3, 0.4) is 0 Å². The van der Waals surface area contributed by atoms with Crippen molar-refractivity contribution in [2.45, 2.75) is 12.8 Å². The lowest BCUT2D eigenvalue weighted by Crippen LogP contribution is -2.09. The highest BCUT2D eigenvalue weighted by molar-refractivity contribution is 5.79. The van der Waals surface area contributed by atoms with Gasteiger partial charge in [-0.2, -0.15) is 0 Å². The average Bonchev–Trinajstić information content (AvgIpc) is 1.87. The minimum Gasteiger partial charge on any atom is -0.377 e. The minimum atomic E-state index is -0.430. The van der Waals surface area contributed by atoms with Crippen LogP contribution in [0, 0.1) is 10.1 Å². The second kappa shape index (κ2) is 5.79. The monoisotopic (exact) mass is 161 g/mol. The molecule has 0 aliphatic heterocycles. The lowest BCUT2D eigenvalue weighted by molar-refractivity contribution is -0.480. The van der Waals surface area contributed by atoms with Crippen molar-refractivity contribution in [1.29, 1.82) is 0 Å². The third-order valence-corrected chi connectivity index (χ3v) is 1.10. The number of nitrogens with zero attached hydrogens (tertiary/aromatic N) is 1. The zero-order chi connectivity index (χ0) is 8.69. The first-order chi connectivity index (χ1) is 5.16. The zero-order valence-corrected chi connectivity index (χ0v) is 6.41. The van der Waals surface area contributed by atoms with Gasteiger partial charge in [0, 0.05) is 24.9 Å². The molecule has 0 saturated heterocycles. The smallest absolute Gasteiger partial charge is 0.204 e. The fraction of sp³-hybridized carbons (Fsp3) is 0.833. The lowest BCUT2D eigenvalue weighted by Gasteiger charge is -1.95. The van der Waals surface area contributed by atoms with Crippen LogP contribution in [0.2, 0.25) is 0 Å². The molecule has 0 unspecified atom stereocenters. The average molecular weight is 161 g/mol. The Hall–Kier alpha value is -0.970. The quantitative estimate of drug-likeness (QED) is 0.414. The summed E-state index contributed by atoms with van der Waals surface area (Å²) in [6, 6.07) is 0. The van der Waals surface area contributed by atoms with Crippen LogP contribution in [-0.4, -0.2) is 31.0 Å². The highest BCUT2D eigenvalue weighted by atomic mass is 16.6. The maximum atomic E-state index is 10.7. The van der Waals surface area contributed by atoms with Crippen molar-refractivity contribution in [2.24, 2.45) is 0 Å². The summed E-state index contributed by atoms with van der Waals surface area (Å²) in [5, 5.41) is 9.80. The topological polar surface area (TPSA) is 69.4 Å². The van der Waals surface area contributed by atoms with Crippen LogP contribution in [0.4, 0.5) is 0 Å². The van der Waals surface area contributed by atoms with E-state index in [9.17, 15) is 14.9 Å². The number of carbonyl (C=O) groups excluding carboxylic acids is 1. The molecule has 64 valence electrons. The molecule has 0 amide bonds. The van der Waals surface area contributed by atoms with E-state index in [1.165, 1.54) is 7.11 Å². The molecule has 0 aromatic carbocycles. The second-order valence-electron chi connectivity index (χ2n) is 2.13. The van der Waals surface area contributed by atoms with Crippen LogP contribution in [0.25, 0.3) is 0 Å². The number of ether oxygens (including phenoxy) is 1. The van der Waals surface area contributed by atoms with Gasteiger partial charge in [-0.25, -0.2) is 0 Å². The van der Waals surface area contributed by atoms with Crippen molar-refractivity contribution in [3.05, 3.63) is 10.1 Å². The highest BCUT2D eigenvalue weighted by Crippen LogP contribution is 1.91. The number of Topliss-reactive ketones (excluding diaryl/α,β-unsaturated/α-hetero) is 1. The van der Waals surface area contributed by atoms with Crippen LogP contribution in [-0.2, 0) is 9.53 Å². The van der Waals surface area contributed by atoms with Crippen molar-refractivity contribution in [3.8, 4) is 0 Å². The fourth-order valence-corrected chi connectivity index (χ4v) is 0.638. The van der Waals surface area contributed by atoms with Crippen molar-refractivity contribution >= 4 is 5.78 Å². The Labute approximate surface area is 64.5 Å². The van der Waals surface area contributed by atoms with E-state index in [4.69, 9.17) is 0 Å². The molecule has 5 heteroatoms. The Morgan fingerprint density at radius 3 is 2.73 bits per heavy atom. The Balaban J connectivity index is 3.24. The van der Waals surface area contributed by atoms with Gasteiger partial charge in [0.05, 0.1) is 0 Å². The molecule has 0 spiro atoms. The molecule has 0 aliphatic rings. The summed E-state index contributed by atoms with van der Waals surface area (Å²) in [4.78, 5) is 20.0. The van der Waals surface area contributed by atoms with E-state index in [2.05, 4.69) is 4.74 Å². The molecule has 0 heterocycles. The standard InChI is InChI=1S/C6H11NO4/c1-11-5-6(8)3-2-4-7(9)10/h2-5H2,1H3. The van der Waals surface area contributed by atoms with E-state index in [1.807, 2.05) is 0 Å². The van der Waals surface area contributed by atoms with Crippen molar-refractivity contribution in [2.75, 3.05) is 20.3 Å². The van der Waals surface area contributed by atoms with Crippen molar-refractivity contribution in [3.63, 3.8) is 0 Å². The fourth-order valence-electron chi connectivity index (χ4n) is 0.638. The third kappa shape index (κ3) is 6.92. The Kier molecular flexibility index (Phi) is 5.28. The molecular weight excluding hydrogens is 150 g/mol. The number of hydrogen-bond acceptors (Lipinski definition) is 4. The maximum absolute atomic E-state index is 10.7. The summed E-state index contributed by atoms with van der Waals surface area (Å²) in [5.41, 5.74) is 0. The van der Waals surface area contributed by atoms with E-state index < -0.39 is 4.92 Å². The van der Waals surface area contributed by atoms with E-state index >= 15 is 0 Å². The number of methoxy groups -OCH3 is 1. The molecule has 0 atom stereocenters. The normalized spacial score (nSPS) is 9.55. The van der Waals surface area contributed by atoms with Gasteiger partial charge in [0.1, 0.15) is 6.61 Å². The number of carbonyl (C=O) groups is 1. The van der Waals surface area contributed by atoms with Gasteiger partial charge in [0.15, 0.2) is 5.78 Å². The molecule has 0 radical (unpaired) electrons. The summed E-state index contributed by atoms with van der Waals surface area (Å²) < 4.78 is 4.54. The van der Waals surface area contributed by atoms with Crippen LogP contribution in [0.15, 0.2) is 0 Å². The number of ketones is 1. The number of nitro groups is 1. The molecule has 0 aliphatic carbocycles. The van der Waals surface area contributed by atoms with Crippen LogP contribution in [0.5, 0.6) is 0 Å². The summed E-state index contributed by atoms with van der Waals surface area (Å²) in [7, 11) is 1.42. The first kappa shape index (κ1) is 10.0. The van der Waals surface area contributed by atoms with Gasteiger partial charge < -0.3 is 4.74 Å². The van der Waals surface area contributed by atoms with Crippen LogP contribution < -0.4 is 0 Å². The molecule has 0 N–H and O–H groups in total. The molecule has 5 nitrogen and oxygen atoms in total. The third-order valence-electron chi connectivity index (χ3n) is 1.10. The first-order valence-corrected chi connectivity index (χ1v) is 3.29.